The zero-order valence-electron chi connectivity index (χ0n) is 8.86. The number of esters is 1. The van der Waals surface area contributed by atoms with E-state index in [4.69, 9.17) is 4.74 Å². The molecule has 0 fully saturated rings. The third-order valence-corrected chi connectivity index (χ3v) is 2.13. The van der Waals surface area contributed by atoms with Gasteiger partial charge in [0.25, 0.3) is 0 Å². The fraction of sp³-hybridized carbons (Fsp3) is 0.273. The first-order valence-electron chi connectivity index (χ1n) is 5.02. The number of rotatable bonds is 3. The van der Waals surface area contributed by atoms with Gasteiger partial charge < -0.3 is 14.8 Å². The molecule has 0 aliphatic carbocycles. The molecule has 0 bridgehead atoms. The Morgan fingerprint density at radius 2 is 2.38 bits per heavy atom. The van der Waals surface area contributed by atoms with Gasteiger partial charge in [-0.15, -0.1) is 0 Å². The van der Waals surface area contributed by atoms with Crippen LogP contribution in [0.25, 0.3) is 11.0 Å². The summed E-state index contributed by atoms with van der Waals surface area (Å²) in [5.74, 6) is 0.392. The van der Waals surface area contributed by atoms with E-state index in [1.54, 1.807) is 25.1 Å². The number of H-pyrrole nitrogens is 1. The van der Waals surface area contributed by atoms with Crippen LogP contribution in [0.1, 0.15) is 12.7 Å². The second kappa shape index (κ2) is 4.22. The monoisotopic (exact) mass is 220 g/mol. The number of nitrogens with one attached hydrogen (secondary N) is 1. The Labute approximate surface area is 92.1 Å². The maximum Gasteiger partial charge on any atom is 0.313 e. The summed E-state index contributed by atoms with van der Waals surface area (Å²) in [6.45, 7) is 2.12. The number of aromatic hydroxyl groups is 1. The van der Waals surface area contributed by atoms with Crippen LogP contribution in [-0.4, -0.2) is 27.7 Å². The number of ether oxygens (including phenoxy) is 1. The van der Waals surface area contributed by atoms with Gasteiger partial charge >= 0.3 is 5.97 Å². The number of benzene rings is 1. The minimum Gasteiger partial charge on any atom is -0.508 e. The third-order valence-electron chi connectivity index (χ3n) is 2.13. The predicted octanol–water partition coefficient (Wildman–Crippen LogP) is 1.37. The van der Waals surface area contributed by atoms with Gasteiger partial charge in [0.05, 0.1) is 17.6 Å². The van der Waals surface area contributed by atoms with E-state index < -0.39 is 0 Å². The molecule has 5 heteroatoms. The van der Waals surface area contributed by atoms with E-state index in [0.717, 1.165) is 5.52 Å². The Bertz CT molecular complexity index is 519. The number of phenolic OH excluding ortho intramolecular Hbond substituents is 1. The van der Waals surface area contributed by atoms with Crippen molar-refractivity contribution in [1.29, 1.82) is 0 Å². The lowest BCUT2D eigenvalue weighted by molar-refractivity contribution is -0.142. The summed E-state index contributed by atoms with van der Waals surface area (Å²) in [4.78, 5) is 18.4. The van der Waals surface area contributed by atoms with Crippen LogP contribution in [0.2, 0.25) is 0 Å². The van der Waals surface area contributed by atoms with Gasteiger partial charge in [0.2, 0.25) is 0 Å². The van der Waals surface area contributed by atoms with Crippen molar-refractivity contribution >= 4 is 17.0 Å². The minimum absolute atomic E-state index is 0.114. The van der Waals surface area contributed by atoms with E-state index in [1.165, 1.54) is 0 Å². The van der Waals surface area contributed by atoms with Crippen molar-refractivity contribution in [3.8, 4) is 5.75 Å². The quantitative estimate of drug-likeness (QED) is 0.766. The van der Waals surface area contributed by atoms with Gasteiger partial charge in [0.1, 0.15) is 18.0 Å². The SMILES string of the molecule is CCOC(=O)Cc1nc2ccc(O)cc2[nH]1. The molecule has 0 spiro atoms. The normalized spacial score (nSPS) is 10.6. The average molecular weight is 220 g/mol. The number of imidazole rings is 1. The van der Waals surface area contributed by atoms with Crippen LogP contribution in [0.15, 0.2) is 18.2 Å². The second-order valence-corrected chi connectivity index (χ2v) is 3.37. The molecule has 84 valence electrons. The molecule has 0 radical (unpaired) electrons. The van der Waals surface area contributed by atoms with Gasteiger partial charge in [-0.05, 0) is 19.1 Å². The van der Waals surface area contributed by atoms with Crippen molar-refractivity contribution in [2.75, 3.05) is 6.61 Å². The molecule has 16 heavy (non-hydrogen) atoms. The molecule has 0 saturated carbocycles. The Balaban J connectivity index is 2.23. The number of hydrogen-bond donors (Lipinski definition) is 2. The molecule has 2 N–H and O–H groups in total. The van der Waals surface area contributed by atoms with Crippen LogP contribution in [0.5, 0.6) is 5.75 Å². The van der Waals surface area contributed by atoms with Crippen LogP contribution >= 0.6 is 0 Å². The molecule has 0 aliphatic heterocycles. The highest BCUT2D eigenvalue weighted by atomic mass is 16.5. The fourth-order valence-corrected chi connectivity index (χ4v) is 1.48. The number of aromatic amines is 1. The topological polar surface area (TPSA) is 75.2 Å². The highest BCUT2D eigenvalue weighted by molar-refractivity contribution is 5.78. The highest BCUT2D eigenvalue weighted by Gasteiger charge is 2.08. The lowest BCUT2D eigenvalue weighted by Crippen LogP contribution is -2.08. The first-order valence-corrected chi connectivity index (χ1v) is 5.02. The molecule has 1 aromatic heterocycles. The molecule has 0 unspecified atom stereocenters. The number of fused-ring (bicyclic) bond motifs is 1. The van der Waals surface area contributed by atoms with Gasteiger partial charge in [-0.25, -0.2) is 4.98 Å². The highest BCUT2D eigenvalue weighted by Crippen LogP contribution is 2.17. The Morgan fingerprint density at radius 3 is 3.12 bits per heavy atom. The summed E-state index contributed by atoms with van der Waals surface area (Å²) in [7, 11) is 0. The summed E-state index contributed by atoms with van der Waals surface area (Å²) < 4.78 is 4.82. The van der Waals surface area contributed by atoms with Gasteiger partial charge in [-0.2, -0.15) is 0 Å². The van der Waals surface area contributed by atoms with Crippen LogP contribution < -0.4 is 0 Å². The van der Waals surface area contributed by atoms with Crippen molar-refractivity contribution in [2.45, 2.75) is 13.3 Å². The molecule has 0 saturated heterocycles. The van der Waals surface area contributed by atoms with E-state index >= 15 is 0 Å². The minimum atomic E-state index is -0.314. The molecule has 0 amide bonds. The number of aromatic nitrogens is 2. The molecule has 0 atom stereocenters. The Morgan fingerprint density at radius 1 is 1.56 bits per heavy atom. The van der Waals surface area contributed by atoms with Crippen molar-refractivity contribution < 1.29 is 14.6 Å². The van der Waals surface area contributed by atoms with Gasteiger partial charge in [-0.3, -0.25) is 4.79 Å². The van der Waals surface area contributed by atoms with Crippen LogP contribution in [0.4, 0.5) is 0 Å². The van der Waals surface area contributed by atoms with Gasteiger partial charge in [0, 0.05) is 6.07 Å². The number of carbonyl (C=O) groups is 1. The summed E-state index contributed by atoms with van der Waals surface area (Å²) in [5, 5.41) is 9.27. The molecular formula is C11H12N2O3. The molecule has 5 nitrogen and oxygen atoms in total. The summed E-state index contributed by atoms with van der Waals surface area (Å²) >= 11 is 0. The first kappa shape index (κ1) is 10.5. The molecule has 2 aromatic rings. The largest absolute Gasteiger partial charge is 0.508 e. The zero-order chi connectivity index (χ0) is 11.5. The van der Waals surface area contributed by atoms with E-state index in [9.17, 15) is 9.90 Å². The Hall–Kier alpha value is -2.04. The Kier molecular flexibility index (Phi) is 2.76. The average Bonchev–Trinajstić information content (AvgIpc) is 2.59. The maximum absolute atomic E-state index is 11.2. The number of phenols is 1. The smallest absolute Gasteiger partial charge is 0.313 e. The molecular weight excluding hydrogens is 208 g/mol. The molecule has 2 rings (SSSR count). The van der Waals surface area contributed by atoms with Crippen molar-refractivity contribution in [2.24, 2.45) is 0 Å². The maximum atomic E-state index is 11.2. The molecule has 1 aromatic carbocycles. The zero-order valence-corrected chi connectivity index (χ0v) is 8.86. The summed E-state index contributed by atoms with van der Waals surface area (Å²) in [6.07, 6.45) is 0.114. The van der Waals surface area contributed by atoms with Crippen LogP contribution in [0.3, 0.4) is 0 Å². The van der Waals surface area contributed by atoms with Crippen molar-refractivity contribution in [1.82, 2.24) is 9.97 Å². The second-order valence-electron chi connectivity index (χ2n) is 3.37. The number of hydrogen-bond acceptors (Lipinski definition) is 4. The van der Waals surface area contributed by atoms with Crippen LogP contribution in [0, 0.1) is 0 Å². The lowest BCUT2D eigenvalue weighted by Gasteiger charge is -1.97. The lowest BCUT2D eigenvalue weighted by atomic mass is 10.3. The van der Waals surface area contributed by atoms with Crippen molar-refractivity contribution in [3.05, 3.63) is 24.0 Å². The summed E-state index contributed by atoms with van der Waals surface area (Å²) in [5.41, 5.74) is 1.43. The van der Waals surface area contributed by atoms with E-state index in [0.29, 0.717) is 17.9 Å². The van der Waals surface area contributed by atoms with Crippen LogP contribution in [-0.2, 0) is 16.0 Å². The van der Waals surface area contributed by atoms with E-state index in [2.05, 4.69) is 9.97 Å². The summed E-state index contributed by atoms with van der Waals surface area (Å²) in [6, 6.07) is 4.81. The van der Waals surface area contributed by atoms with Crippen molar-refractivity contribution in [3.63, 3.8) is 0 Å². The molecule has 1 heterocycles. The van der Waals surface area contributed by atoms with E-state index in [-0.39, 0.29) is 18.1 Å². The number of nitrogens with zero attached hydrogens (tertiary/aromatic N) is 1. The standard InChI is InChI=1S/C11H12N2O3/c1-2-16-11(15)6-10-12-8-4-3-7(14)5-9(8)13-10/h3-5,14H,2,6H2,1H3,(H,12,13). The first-order chi connectivity index (χ1) is 7.69. The van der Waals surface area contributed by atoms with Gasteiger partial charge in [-0.1, -0.05) is 0 Å². The fourth-order valence-electron chi connectivity index (χ4n) is 1.48. The number of carbonyl (C=O) groups excluding carboxylic acids is 1. The van der Waals surface area contributed by atoms with E-state index in [1.807, 2.05) is 0 Å². The predicted molar refractivity (Wildman–Crippen MR) is 58.1 cm³/mol. The molecule has 0 aliphatic rings. The third kappa shape index (κ3) is 2.13. The van der Waals surface area contributed by atoms with Gasteiger partial charge in [0.15, 0.2) is 0 Å².